The maximum atomic E-state index is 12.6. The van der Waals surface area contributed by atoms with Crippen molar-refractivity contribution < 1.29 is 22.7 Å². The summed E-state index contributed by atoms with van der Waals surface area (Å²) in [6.45, 7) is 5.20. The minimum absolute atomic E-state index is 0.243. The number of fused-ring (bicyclic) bond motifs is 1. The monoisotopic (exact) mass is 397 g/mol. The number of alkyl halides is 3. The third-order valence-corrected chi connectivity index (χ3v) is 3.94. The number of hydrogen-bond acceptors (Lipinski definition) is 7. The quantitative estimate of drug-likeness (QED) is 0.684. The van der Waals surface area contributed by atoms with Crippen molar-refractivity contribution in [3.05, 3.63) is 30.1 Å². The molecule has 0 atom stereocenters. The van der Waals surface area contributed by atoms with Gasteiger partial charge in [-0.25, -0.2) is 14.8 Å². The minimum Gasteiger partial charge on any atom is -0.444 e. The Kier molecular flexibility index (Phi) is 4.72. The van der Waals surface area contributed by atoms with Crippen molar-refractivity contribution >= 4 is 33.0 Å². The molecular formula is C16H14F3N5O2S. The number of hydrogen-bond donors (Lipinski definition) is 1. The molecule has 27 heavy (non-hydrogen) atoms. The van der Waals surface area contributed by atoms with Crippen LogP contribution in [0.25, 0.3) is 21.9 Å². The molecular weight excluding hydrogens is 383 g/mol. The SMILES string of the molecule is CC(C)(C)OC(=O)Nc1nc2ncc(-c3ccc(C(F)(F)F)cn3)nc2s1. The van der Waals surface area contributed by atoms with E-state index in [9.17, 15) is 18.0 Å². The van der Waals surface area contributed by atoms with Gasteiger partial charge in [-0.05, 0) is 32.9 Å². The molecule has 11 heteroatoms. The summed E-state index contributed by atoms with van der Waals surface area (Å²) in [5.41, 5.74) is -0.668. The van der Waals surface area contributed by atoms with Crippen molar-refractivity contribution in [3.8, 4) is 11.4 Å². The van der Waals surface area contributed by atoms with Gasteiger partial charge in [-0.2, -0.15) is 18.2 Å². The van der Waals surface area contributed by atoms with Gasteiger partial charge in [0.25, 0.3) is 0 Å². The highest BCUT2D eigenvalue weighted by atomic mass is 32.1. The molecule has 0 radical (unpaired) electrons. The van der Waals surface area contributed by atoms with Gasteiger partial charge in [0, 0.05) is 6.20 Å². The van der Waals surface area contributed by atoms with Gasteiger partial charge in [0.1, 0.15) is 11.3 Å². The summed E-state index contributed by atoms with van der Waals surface area (Å²) < 4.78 is 43.0. The van der Waals surface area contributed by atoms with E-state index in [4.69, 9.17) is 4.74 Å². The number of rotatable bonds is 2. The third-order valence-electron chi connectivity index (χ3n) is 3.08. The zero-order valence-electron chi connectivity index (χ0n) is 14.5. The largest absolute Gasteiger partial charge is 0.444 e. The first-order valence-electron chi connectivity index (χ1n) is 7.68. The van der Waals surface area contributed by atoms with Crippen LogP contribution in [0.15, 0.2) is 24.5 Å². The van der Waals surface area contributed by atoms with Crippen LogP contribution in [-0.4, -0.2) is 31.6 Å². The van der Waals surface area contributed by atoms with Crippen LogP contribution in [0.4, 0.5) is 23.1 Å². The summed E-state index contributed by atoms with van der Waals surface area (Å²) >= 11 is 1.06. The normalized spacial score (nSPS) is 12.2. The van der Waals surface area contributed by atoms with Gasteiger partial charge in [0.15, 0.2) is 15.6 Å². The van der Waals surface area contributed by atoms with Crippen LogP contribution in [0, 0.1) is 0 Å². The Morgan fingerprint density at radius 2 is 1.81 bits per heavy atom. The Balaban J connectivity index is 1.82. The lowest BCUT2D eigenvalue weighted by Gasteiger charge is -2.18. The number of pyridine rings is 1. The van der Waals surface area contributed by atoms with E-state index in [2.05, 4.69) is 25.3 Å². The molecule has 0 aliphatic heterocycles. The predicted octanol–water partition coefficient (Wildman–Crippen LogP) is 4.51. The second-order valence-electron chi connectivity index (χ2n) is 6.46. The average Bonchev–Trinajstić information content (AvgIpc) is 2.93. The summed E-state index contributed by atoms with van der Waals surface area (Å²) in [4.78, 5) is 28.5. The van der Waals surface area contributed by atoms with Crippen LogP contribution in [0.1, 0.15) is 26.3 Å². The molecule has 0 fully saturated rings. The average molecular weight is 397 g/mol. The van der Waals surface area contributed by atoms with E-state index >= 15 is 0 Å². The van der Waals surface area contributed by atoms with E-state index in [1.807, 2.05) is 0 Å². The fourth-order valence-electron chi connectivity index (χ4n) is 2.00. The molecule has 0 unspecified atom stereocenters. The summed E-state index contributed by atoms with van der Waals surface area (Å²) in [6, 6.07) is 2.15. The Labute approximate surface area is 155 Å². The van der Waals surface area contributed by atoms with Gasteiger partial charge in [0.2, 0.25) is 0 Å². The third kappa shape index (κ3) is 4.67. The molecule has 3 heterocycles. The Morgan fingerprint density at radius 3 is 2.41 bits per heavy atom. The first-order chi connectivity index (χ1) is 12.5. The second-order valence-corrected chi connectivity index (χ2v) is 7.44. The van der Waals surface area contributed by atoms with Crippen LogP contribution in [0.3, 0.4) is 0 Å². The fourth-order valence-corrected chi connectivity index (χ4v) is 2.79. The lowest BCUT2D eigenvalue weighted by molar-refractivity contribution is -0.137. The van der Waals surface area contributed by atoms with E-state index in [-0.39, 0.29) is 10.8 Å². The molecule has 3 aromatic rings. The minimum atomic E-state index is -4.46. The van der Waals surface area contributed by atoms with E-state index in [0.29, 0.717) is 16.2 Å². The molecule has 1 N–H and O–H groups in total. The summed E-state index contributed by atoms with van der Waals surface area (Å²) in [7, 11) is 0. The summed E-state index contributed by atoms with van der Waals surface area (Å²) in [5.74, 6) is 0. The number of anilines is 1. The zero-order chi connectivity index (χ0) is 19.8. The van der Waals surface area contributed by atoms with Crippen molar-refractivity contribution in [2.75, 3.05) is 5.32 Å². The van der Waals surface area contributed by atoms with Crippen molar-refractivity contribution in [3.63, 3.8) is 0 Å². The van der Waals surface area contributed by atoms with Crippen molar-refractivity contribution in [1.29, 1.82) is 0 Å². The van der Waals surface area contributed by atoms with Crippen LogP contribution >= 0.6 is 11.3 Å². The van der Waals surface area contributed by atoms with Gasteiger partial charge in [-0.3, -0.25) is 10.3 Å². The first-order valence-corrected chi connectivity index (χ1v) is 8.50. The maximum absolute atomic E-state index is 12.6. The molecule has 1 amide bonds. The van der Waals surface area contributed by atoms with E-state index < -0.39 is 23.4 Å². The van der Waals surface area contributed by atoms with Crippen LogP contribution in [0.5, 0.6) is 0 Å². The number of aromatic nitrogens is 4. The Hall–Kier alpha value is -2.82. The van der Waals surface area contributed by atoms with E-state index in [1.165, 1.54) is 12.3 Å². The van der Waals surface area contributed by atoms with Crippen LogP contribution < -0.4 is 5.32 Å². The smallest absolute Gasteiger partial charge is 0.417 e. The standard InChI is InChI=1S/C16H14F3N5O2S/c1-15(2,3)26-14(25)24-13-23-11-12(27-13)22-10(7-21-11)9-5-4-8(6-20-9)16(17,18)19/h4-7H,1-3H3,(H,21,23,24,25). The fraction of sp³-hybridized carbons (Fsp3) is 0.312. The van der Waals surface area contributed by atoms with E-state index in [1.54, 1.807) is 20.8 Å². The van der Waals surface area contributed by atoms with Gasteiger partial charge in [-0.15, -0.1) is 0 Å². The topological polar surface area (TPSA) is 89.9 Å². The van der Waals surface area contributed by atoms with Gasteiger partial charge in [0.05, 0.1) is 17.5 Å². The summed E-state index contributed by atoms with van der Waals surface area (Å²) in [5, 5.41) is 2.74. The van der Waals surface area contributed by atoms with E-state index in [0.717, 1.165) is 23.6 Å². The Bertz CT molecular complexity index is 980. The molecule has 7 nitrogen and oxygen atoms in total. The lowest BCUT2D eigenvalue weighted by atomic mass is 10.2. The van der Waals surface area contributed by atoms with Crippen LogP contribution in [0.2, 0.25) is 0 Å². The zero-order valence-corrected chi connectivity index (χ0v) is 15.3. The predicted molar refractivity (Wildman–Crippen MR) is 93.3 cm³/mol. The van der Waals surface area contributed by atoms with Gasteiger partial charge in [-0.1, -0.05) is 11.3 Å². The highest BCUT2D eigenvalue weighted by Crippen LogP contribution is 2.30. The van der Waals surface area contributed by atoms with Gasteiger partial charge >= 0.3 is 12.3 Å². The molecule has 3 rings (SSSR count). The molecule has 0 bridgehead atoms. The molecule has 0 saturated heterocycles. The number of amides is 1. The molecule has 142 valence electrons. The molecule has 0 aliphatic carbocycles. The number of carbonyl (C=O) groups is 1. The maximum Gasteiger partial charge on any atom is 0.417 e. The molecule has 0 saturated carbocycles. The highest BCUT2D eigenvalue weighted by molar-refractivity contribution is 7.21. The number of ether oxygens (including phenoxy) is 1. The number of nitrogens with zero attached hydrogens (tertiary/aromatic N) is 4. The lowest BCUT2D eigenvalue weighted by Crippen LogP contribution is -2.27. The number of halogens is 3. The van der Waals surface area contributed by atoms with Crippen molar-refractivity contribution in [2.45, 2.75) is 32.5 Å². The molecule has 3 aromatic heterocycles. The summed E-state index contributed by atoms with van der Waals surface area (Å²) in [6.07, 6.45) is -3.02. The van der Waals surface area contributed by atoms with Gasteiger partial charge < -0.3 is 4.74 Å². The molecule has 0 spiro atoms. The second kappa shape index (κ2) is 6.72. The highest BCUT2D eigenvalue weighted by Gasteiger charge is 2.30. The number of nitrogens with one attached hydrogen (secondary N) is 1. The molecule has 0 aliphatic rings. The Morgan fingerprint density at radius 1 is 1.07 bits per heavy atom. The molecule has 0 aromatic carbocycles. The van der Waals surface area contributed by atoms with Crippen molar-refractivity contribution in [2.24, 2.45) is 0 Å². The number of thiazole rings is 1. The number of carbonyl (C=O) groups excluding carboxylic acids is 1. The van der Waals surface area contributed by atoms with Crippen LogP contribution in [-0.2, 0) is 10.9 Å². The first kappa shape index (κ1) is 19.0. The van der Waals surface area contributed by atoms with Crippen molar-refractivity contribution in [1.82, 2.24) is 19.9 Å².